The summed E-state index contributed by atoms with van der Waals surface area (Å²) in [5.41, 5.74) is 6.42. The number of rotatable bonds is 6. The third kappa shape index (κ3) is 4.80. The van der Waals surface area contributed by atoms with Gasteiger partial charge in [0.2, 0.25) is 0 Å². The number of nitrogens with two attached hydrogens (primary N) is 1. The normalized spacial score (nSPS) is 10.2. The second-order valence-corrected chi connectivity index (χ2v) is 5.08. The summed E-state index contributed by atoms with van der Waals surface area (Å²) >= 11 is 0. The molecule has 1 aromatic carbocycles. The predicted octanol–water partition coefficient (Wildman–Crippen LogP) is 1.22. The van der Waals surface area contributed by atoms with Gasteiger partial charge in [0.15, 0.2) is 6.61 Å². The summed E-state index contributed by atoms with van der Waals surface area (Å²) < 4.78 is 15.6. The van der Waals surface area contributed by atoms with Crippen LogP contribution in [0.25, 0.3) is 0 Å². The molecule has 0 spiro atoms. The molecule has 132 valence electrons. The molecule has 0 radical (unpaired) electrons. The van der Waals surface area contributed by atoms with Crippen molar-refractivity contribution in [3.05, 3.63) is 46.8 Å². The van der Waals surface area contributed by atoms with E-state index in [2.05, 4.69) is 5.16 Å². The van der Waals surface area contributed by atoms with Crippen LogP contribution in [0.4, 0.5) is 4.79 Å². The first-order chi connectivity index (χ1) is 11.9. The molecular formula is C16H17N3O6. The molecule has 0 saturated heterocycles. The smallest absolute Gasteiger partial charge is 0.342 e. The first kappa shape index (κ1) is 18.0. The standard InChI is InChI=1S/C16H17N3O6/c1-9-12(10(2)25-19-9)7-23-13-6-4-3-5-11(13)15(21)24-8-14(20)18-16(17)22/h3-6H,7-8H2,1-2H3,(H3,17,18,20,22). The van der Waals surface area contributed by atoms with Crippen molar-refractivity contribution < 1.29 is 28.4 Å². The molecule has 0 saturated carbocycles. The maximum Gasteiger partial charge on any atom is 0.342 e. The highest BCUT2D eigenvalue weighted by Gasteiger charge is 2.17. The van der Waals surface area contributed by atoms with Crippen LogP contribution in [0.1, 0.15) is 27.4 Å². The number of aryl methyl sites for hydroxylation is 2. The molecule has 25 heavy (non-hydrogen) atoms. The fraction of sp³-hybridized carbons (Fsp3) is 0.250. The second-order valence-electron chi connectivity index (χ2n) is 5.08. The van der Waals surface area contributed by atoms with E-state index in [0.29, 0.717) is 11.5 Å². The summed E-state index contributed by atoms with van der Waals surface area (Å²) in [4.78, 5) is 34.0. The van der Waals surface area contributed by atoms with Crippen LogP contribution in [0.2, 0.25) is 0 Å². The zero-order valence-corrected chi connectivity index (χ0v) is 13.7. The molecule has 0 atom stereocenters. The van der Waals surface area contributed by atoms with E-state index in [9.17, 15) is 14.4 Å². The number of imide groups is 1. The molecule has 9 heteroatoms. The second kappa shape index (κ2) is 7.95. The fourth-order valence-electron chi connectivity index (χ4n) is 2.00. The molecule has 1 heterocycles. The zero-order valence-electron chi connectivity index (χ0n) is 13.7. The van der Waals surface area contributed by atoms with Crippen LogP contribution in [0.3, 0.4) is 0 Å². The lowest BCUT2D eigenvalue weighted by Crippen LogP contribution is -2.37. The predicted molar refractivity (Wildman–Crippen MR) is 84.8 cm³/mol. The Morgan fingerprint density at radius 3 is 2.60 bits per heavy atom. The molecule has 0 aliphatic rings. The van der Waals surface area contributed by atoms with Gasteiger partial charge >= 0.3 is 12.0 Å². The van der Waals surface area contributed by atoms with Gasteiger partial charge in [-0.25, -0.2) is 9.59 Å². The zero-order chi connectivity index (χ0) is 18.4. The molecule has 1 aromatic heterocycles. The van der Waals surface area contributed by atoms with Crippen molar-refractivity contribution in [2.24, 2.45) is 5.73 Å². The van der Waals surface area contributed by atoms with Crippen molar-refractivity contribution in [1.82, 2.24) is 10.5 Å². The molecule has 0 bridgehead atoms. The van der Waals surface area contributed by atoms with Crippen LogP contribution < -0.4 is 15.8 Å². The van der Waals surface area contributed by atoms with Crippen molar-refractivity contribution >= 4 is 17.9 Å². The maximum absolute atomic E-state index is 12.1. The number of carbonyl (C=O) groups is 3. The number of esters is 1. The summed E-state index contributed by atoms with van der Waals surface area (Å²) in [6.07, 6.45) is 0. The van der Waals surface area contributed by atoms with Gasteiger partial charge in [0, 0.05) is 0 Å². The van der Waals surface area contributed by atoms with Gasteiger partial charge in [-0.05, 0) is 26.0 Å². The van der Waals surface area contributed by atoms with Crippen LogP contribution in [-0.4, -0.2) is 29.7 Å². The SMILES string of the molecule is Cc1noc(C)c1COc1ccccc1C(=O)OCC(=O)NC(N)=O. The van der Waals surface area contributed by atoms with E-state index in [0.717, 1.165) is 5.56 Å². The number of benzene rings is 1. The van der Waals surface area contributed by atoms with Gasteiger partial charge in [-0.1, -0.05) is 17.3 Å². The van der Waals surface area contributed by atoms with E-state index in [-0.39, 0.29) is 17.9 Å². The molecule has 0 aliphatic heterocycles. The van der Waals surface area contributed by atoms with Crippen LogP contribution >= 0.6 is 0 Å². The van der Waals surface area contributed by atoms with Gasteiger partial charge in [0.05, 0.1) is 11.3 Å². The van der Waals surface area contributed by atoms with Gasteiger partial charge < -0.3 is 19.7 Å². The highest BCUT2D eigenvalue weighted by atomic mass is 16.5. The average molecular weight is 347 g/mol. The fourth-order valence-corrected chi connectivity index (χ4v) is 2.00. The molecule has 3 amide bonds. The molecule has 0 fully saturated rings. The largest absolute Gasteiger partial charge is 0.488 e. The molecule has 0 aliphatic carbocycles. The molecule has 0 unspecified atom stereocenters. The lowest BCUT2D eigenvalue weighted by Gasteiger charge is -2.11. The van der Waals surface area contributed by atoms with Crippen LogP contribution in [0.5, 0.6) is 5.75 Å². The number of urea groups is 1. The van der Waals surface area contributed by atoms with Crippen LogP contribution in [0, 0.1) is 13.8 Å². The van der Waals surface area contributed by atoms with Crippen molar-refractivity contribution in [3.63, 3.8) is 0 Å². The van der Waals surface area contributed by atoms with E-state index in [1.807, 2.05) is 0 Å². The minimum Gasteiger partial charge on any atom is -0.488 e. The van der Waals surface area contributed by atoms with E-state index in [1.165, 1.54) is 6.07 Å². The van der Waals surface area contributed by atoms with Crippen molar-refractivity contribution in [2.75, 3.05) is 6.61 Å². The van der Waals surface area contributed by atoms with E-state index >= 15 is 0 Å². The number of carbonyl (C=O) groups excluding carboxylic acids is 3. The summed E-state index contributed by atoms with van der Waals surface area (Å²) in [5.74, 6) is -0.688. The number of hydrogen-bond acceptors (Lipinski definition) is 7. The van der Waals surface area contributed by atoms with Crippen molar-refractivity contribution in [1.29, 1.82) is 0 Å². The van der Waals surface area contributed by atoms with Crippen LogP contribution in [-0.2, 0) is 16.1 Å². The first-order valence-electron chi connectivity index (χ1n) is 7.28. The number of amides is 3. The lowest BCUT2D eigenvalue weighted by atomic mass is 10.2. The third-order valence-electron chi connectivity index (χ3n) is 3.26. The van der Waals surface area contributed by atoms with Gasteiger partial charge in [0.25, 0.3) is 5.91 Å². The number of para-hydroxylation sites is 1. The highest BCUT2D eigenvalue weighted by molar-refractivity contribution is 5.97. The number of ether oxygens (including phenoxy) is 2. The Labute approximate surface area is 143 Å². The lowest BCUT2D eigenvalue weighted by molar-refractivity contribution is -0.123. The minimum absolute atomic E-state index is 0.140. The van der Waals surface area contributed by atoms with E-state index in [1.54, 1.807) is 37.4 Å². The molecule has 2 aromatic rings. The molecule has 2 rings (SSSR count). The molecule has 9 nitrogen and oxygen atoms in total. The molecular weight excluding hydrogens is 330 g/mol. The topological polar surface area (TPSA) is 134 Å². The Hall–Kier alpha value is -3.36. The Bertz CT molecular complexity index is 779. The Morgan fingerprint density at radius 2 is 1.96 bits per heavy atom. The van der Waals surface area contributed by atoms with Crippen LogP contribution in [0.15, 0.2) is 28.8 Å². The Kier molecular flexibility index (Phi) is 5.72. The number of aromatic nitrogens is 1. The van der Waals surface area contributed by atoms with Gasteiger partial charge in [-0.15, -0.1) is 0 Å². The third-order valence-corrected chi connectivity index (χ3v) is 3.26. The molecule has 3 N–H and O–H groups in total. The minimum atomic E-state index is -1.02. The summed E-state index contributed by atoms with van der Waals surface area (Å²) in [7, 11) is 0. The van der Waals surface area contributed by atoms with E-state index < -0.39 is 24.5 Å². The summed E-state index contributed by atoms with van der Waals surface area (Å²) in [6, 6.07) is 5.39. The maximum atomic E-state index is 12.1. The Balaban J connectivity index is 2.03. The highest BCUT2D eigenvalue weighted by Crippen LogP contribution is 2.22. The number of hydrogen-bond donors (Lipinski definition) is 2. The average Bonchev–Trinajstić information content (AvgIpc) is 2.89. The van der Waals surface area contributed by atoms with Crippen molar-refractivity contribution in [2.45, 2.75) is 20.5 Å². The monoisotopic (exact) mass is 347 g/mol. The Morgan fingerprint density at radius 1 is 1.24 bits per heavy atom. The quantitative estimate of drug-likeness (QED) is 0.750. The summed E-state index contributed by atoms with van der Waals surface area (Å²) in [5, 5.41) is 5.62. The number of nitrogens with zero attached hydrogens (tertiary/aromatic N) is 1. The number of nitrogens with one attached hydrogen (secondary N) is 1. The van der Waals surface area contributed by atoms with E-state index in [4.69, 9.17) is 19.7 Å². The van der Waals surface area contributed by atoms with Crippen molar-refractivity contribution in [3.8, 4) is 5.75 Å². The van der Waals surface area contributed by atoms with Gasteiger partial charge in [0.1, 0.15) is 23.7 Å². The van der Waals surface area contributed by atoms with Gasteiger partial charge in [-0.3, -0.25) is 10.1 Å². The first-order valence-corrected chi connectivity index (χ1v) is 7.28. The number of primary amides is 1. The van der Waals surface area contributed by atoms with Gasteiger partial charge in [-0.2, -0.15) is 0 Å². The summed E-state index contributed by atoms with van der Waals surface area (Å²) in [6.45, 7) is 3.07.